The Bertz CT molecular complexity index is 1220. The molecule has 162 valence electrons. The maximum Gasteiger partial charge on any atom is 0.338 e. The Balaban J connectivity index is 1.43. The van der Waals surface area contributed by atoms with E-state index in [1.54, 1.807) is 6.07 Å². The Kier molecular flexibility index (Phi) is 5.89. The van der Waals surface area contributed by atoms with Gasteiger partial charge in [0.2, 0.25) is 0 Å². The summed E-state index contributed by atoms with van der Waals surface area (Å²) in [5.74, 6) is -1.10. The van der Waals surface area contributed by atoms with E-state index in [0.29, 0.717) is 5.56 Å². The second kappa shape index (κ2) is 8.93. The van der Waals surface area contributed by atoms with E-state index >= 15 is 0 Å². The number of primary amides is 1. The van der Waals surface area contributed by atoms with Gasteiger partial charge in [-0.3, -0.25) is 9.59 Å². The molecule has 0 aliphatic heterocycles. The lowest BCUT2D eigenvalue weighted by molar-refractivity contribution is -0.119. The topological polar surface area (TPSA) is 105 Å². The highest BCUT2D eigenvalue weighted by atomic mass is 16.5. The van der Waals surface area contributed by atoms with E-state index in [1.165, 1.54) is 36.4 Å². The monoisotopic (exact) mass is 431 g/mol. The van der Waals surface area contributed by atoms with Gasteiger partial charge in [0.25, 0.3) is 5.91 Å². The number of benzene rings is 3. The minimum atomic E-state index is -0.676. The number of Topliss-reactive ketones (excluding diaryl/α,β-unsaturated/α-hetero) is 1. The molecule has 0 saturated heterocycles. The molecule has 0 bridgehead atoms. The molecule has 3 aromatic carbocycles. The van der Waals surface area contributed by atoms with Gasteiger partial charge in [-0.05, 0) is 52.9 Å². The third kappa shape index (κ3) is 4.32. The first-order valence-corrected chi connectivity index (χ1v) is 9.97. The van der Waals surface area contributed by atoms with E-state index in [-0.39, 0.29) is 36.1 Å². The largest absolute Gasteiger partial charge is 0.493 e. The van der Waals surface area contributed by atoms with Crippen molar-refractivity contribution in [1.29, 1.82) is 0 Å². The van der Waals surface area contributed by atoms with Crippen LogP contribution in [0.2, 0.25) is 0 Å². The summed E-state index contributed by atoms with van der Waals surface area (Å²) in [6.45, 7) is -0.707. The van der Waals surface area contributed by atoms with Crippen molar-refractivity contribution >= 4 is 17.7 Å². The van der Waals surface area contributed by atoms with Crippen LogP contribution in [-0.4, -0.2) is 38.0 Å². The SMILES string of the molecule is COc1cc(C(=O)OCC(=O)c2ccc3c(c2)-c2ccccc2C3)ccc1OCC(N)=O. The fourth-order valence-electron chi connectivity index (χ4n) is 3.66. The Labute approximate surface area is 184 Å². The van der Waals surface area contributed by atoms with Crippen LogP contribution in [0.15, 0.2) is 60.7 Å². The van der Waals surface area contributed by atoms with Crippen LogP contribution in [0, 0.1) is 0 Å². The minimum absolute atomic E-state index is 0.184. The average molecular weight is 431 g/mol. The third-order valence-corrected chi connectivity index (χ3v) is 5.22. The molecule has 0 heterocycles. The molecule has 3 aromatic rings. The van der Waals surface area contributed by atoms with Crippen molar-refractivity contribution in [2.24, 2.45) is 5.73 Å². The van der Waals surface area contributed by atoms with Gasteiger partial charge in [-0.15, -0.1) is 0 Å². The van der Waals surface area contributed by atoms with Gasteiger partial charge in [0.05, 0.1) is 12.7 Å². The number of amides is 1. The number of methoxy groups -OCH3 is 1. The molecule has 1 aliphatic carbocycles. The molecular weight excluding hydrogens is 410 g/mol. The molecule has 2 N–H and O–H groups in total. The molecule has 0 aromatic heterocycles. The van der Waals surface area contributed by atoms with Crippen molar-refractivity contribution in [2.45, 2.75) is 6.42 Å². The minimum Gasteiger partial charge on any atom is -0.493 e. The standard InChI is InChI=1S/C25H21NO6/c1-30-23-12-18(8-9-22(23)31-14-24(26)28)25(29)32-13-21(27)17-7-6-16-10-15-4-2-3-5-19(15)20(16)11-17/h2-9,11-12H,10,13-14H2,1H3,(H2,26,28). The molecule has 0 unspecified atom stereocenters. The summed E-state index contributed by atoms with van der Waals surface area (Å²) in [7, 11) is 1.40. The molecule has 4 rings (SSSR count). The summed E-state index contributed by atoms with van der Waals surface area (Å²) in [6.07, 6.45) is 0.843. The number of hydrogen-bond acceptors (Lipinski definition) is 6. The van der Waals surface area contributed by atoms with Gasteiger partial charge in [-0.25, -0.2) is 4.79 Å². The highest BCUT2D eigenvalue weighted by Gasteiger charge is 2.20. The number of carbonyl (C=O) groups is 3. The first-order chi connectivity index (χ1) is 15.5. The van der Waals surface area contributed by atoms with E-state index in [4.69, 9.17) is 19.9 Å². The maximum absolute atomic E-state index is 12.7. The quantitative estimate of drug-likeness (QED) is 0.339. The van der Waals surface area contributed by atoms with E-state index < -0.39 is 11.9 Å². The van der Waals surface area contributed by atoms with Crippen molar-refractivity contribution in [3.8, 4) is 22.6 Å². The molecule has 1 aliphatic rings. The normalized spacial score (nSPS) is 11.3. The van der Waals surface area contributed by atoms with E-state index in [2.05, 4.69) is 6.07 Å². The summed E-state index contributed by atoms with van der Waals surface area (Å²) in [5, 5.41) is 0. The van der Waals surface area contributed by atoms with Gasteiger partial charge in [-0.2, -0.15) is 0 Å². The molecule has 32 heavy (non-hydrogen) atoms. The number of ether oxygens (including phenoxy) is 3. The Morgan fingerprint density at radius 1 is 0.844 bits per heavy atom. The zero-order chi connectivity index (χ0) is 22.7. The lowest BCUT2D eigenvalue weighted by Crippen LogP contribution is -2.20. The van der Waals surface area contributed by atoms with Crippen molar-refractivity contribution in [3.63, 3.8) is 0 Å². The number of rotatable bonds is 8. The van der Waals surface area contributed by atoms with Crippen molar-refractivity contribution in [2.75, 3.05) is 20.3 Å². The Hall–Kier alpha value is -4.13. The summed E-state index contributed by atoms with van der Waals surface area (Å²) in [6, 6.07) is 18.0. The summed E-state index contributed by atoms with van der Waals surface area (Å²) < 4.78 is 15.6. The predicted octanol–water partition coefficient (Wildman–Crippen LogP) is 3.17. The van der Waals surface area contributed by atoms with Gasteiger partial charge < -0.3 is 19.9 Å². The predicted molar refractivity (Wildman–Crippen MR) is 117 cm³/mol. The Morgan fingerprint density at radius 2 is 1.59 bits per heavy atom. The van der Waals surface area contributed by atoms with Crippen molar-refractivity contribution < 1.29 is 28.6 Å². The molecular formula is C25H21NO6. The second-order valence-corrected chi connectivity index (χ2v) is 7.33. The van der Waals surface area contributed by atoms with Crippen molar-refractivity contribution in [3.05, 3.63) is 82.9 Å². The van der Waals surface area contributed by atoms with Crippen LogP contribution in [0.1, 0.15) is 31.8 Å². The first kappa shape index (κ1) is 21.1. The lowest BCUT2D eigenvalue weighted by atomic mass is 10.0. The molecule has 7 nitrogen and oxygen atoms in total. The van der Waals surface area contributed by atoms with Crippen LogP contribution in [-0.2, 0) is 16.0 Å². The molecule has 0 fully saturated rings. The highest BCUT2D eigenvalue weighted by molar-refractivity contribution is 6.01. The highest BCUT2D eigenvalue weighted by Crippen LogP contribution is 2.37. The molecule has 0 spiro atoms. The number of esters is 1. The zero-order valence-electron chi connectivity index (χ0n) is 17.4. The fourth-order valence-corrected chi connectivity index (χ4v) is 3.66. The van der Waals surface area contributed by atoms with Gasteiger partial charge >= 0.3 is 5.97 Å². The molecule has 1 amide bonds. The Morgan fingerprint density at radius 3 is 2.38 bits per heavy atom. The van der Waals surface area contributed by atoms with Crippen LogP contribution in [0.4, 0.5) is 0 Å². The zero-order valence-corrected chi connectivity index (χ0v) is 17.4. The van der Waals surface area contributed by atoms with Crippen LogP contribution in [0.3, 0.4) is 0 Å². The first-order valence-electron chi connectivity index (χ1n) is 9.97. The number of hydrogen-bond donors (Lipinski definition) is 1. The number of ketones is 1. The molecule has 0 saturated carbocycles. The smallest absolute Gasteiger partial charge is 0.338 e. The molecule has 0 atom stereocenters. The molecule has 7 heteroatoms. The van der Waals surface area contributed by atoms with E-state index in [0.717, 1.165) is 17.5 Å². The summed E-state index contributed by atoms with van der Waals surface area (Å²) >= 11 is 0. The number of carbonyl (C=O) groups excluding carboxylic acids is 3. The fraction of sp³-hybridized carbons (Fsp3) is 0.160. The van der Waals surface area contributed by atoms with E-state index in [1.807, 2.05) is 30.3 Å². The van der Waals surface area contributed by atoms with Gasteiger partial charge in [0, 0.05) is 5.56 Å². The lowest BCUT2D eigenvalue weighted by Gasteiger charge is -2.11. The molecule has 0 radical (unpaired) electrons. The van der Waals surface area contributed by atoms with Crippen molar-refractivity contribution in [1.82, 2.24) is 0 Å². The van der Waals surface area contributed by atoms with Gasteiger partial charge in [0.1, 0.15) is 0 Å². The van der Waals surface area contributed by atoms with Crippen LogP contribution < -0.4 is 15.2 Å². The van der Waals surface area contributed by atoms with Gasteiger partial charge in [0.15, 0.2) is 30.5 Å². The third-order valence-electron chi connectivity index (χ3n) is 5.22. The maximum atomic E-state index is 12.7. The summed E-state index contributed by atoms with van der Waals surface area (Å²) in [4.78, 5) is 36.0. The number of nitrogens with two attached hydrogens (primary N) is 1. The van der Waals surface area contributed by atoms with Crippen LogP contribution in [0.25, 0.3) is 11.1 Å². The van der Waals surface area contributed by atoms with Crippen LogP contribution >= 0.6 is 0 Å². The second-order valence-electron chi connectivity index (χ2n) is 7.33. The van der Waals surface area contributed by atoms with Crippen LogP contribution in [0.5, 0.6) is 11.5 Å². The van der Waals surface area contributed by atoms with Gasteiger partial charge in [-0.1, -0.05) is 36.4 Å². The number of fused-ring (bicyclic) bond motifs is 3. The average Bonchev–Trinajstić information content (AvgIpc) is 3.18. The van der Waals surface area contributed by atoms with E-state index in [9.17, 15) is 14.4 Å². The summed E-state index contributed by atoms with van der Waals surface area (Å²) in [5.41, 5.74) is 10.3.